The van der Waals surface area contributed by atoms with Crippen LogP contribution in [0, 0.1) is 0 Å². The van der Waals surface area contributed by atoms with Gasteiger partial charge in [-0.1, -0.05) is 0 Å². The smallest absolute Gasteiger partial charge is 0.328 e. The average molecular weight is 418 g/mol. The van der Waals surface area contributed by atoms with Crippen molar-refractivity contribution in [2.75, 3.05) is 19.8 Å². The lowest BCUT2D eigenvalue weighted by atomic mass is 10.2. The second-order valence-corrected chi connectivity index (χ2v) is 5.89. The Morgan fingerprint density at radius 3 is 1.83 bits per heavy atom. The molecule has 0 saturated heterocycles. The minimum absolute atomic E-state index is 0.310. The van der Waals surface area contributed by atoms with Crippen LogP contribution in [0.1, 0.15) is 19.8 Å². The minimum atomic E-state index is -1.20. The molecule has 29 heavy (non-hydrogen) atoms. The van der Waals surface area contributed by atoms with Crippen molar-refractivity contribution >= 4 is 35.6 Å². The van der Waals surface area contributed by atoms with E-state index in [4.69, 9.17) is 32.4 Å². The summed E-state index contributed by atoms with van der Waals surface area (Å²) in [6.07, 6.45) is -0.757. The molecule has 0 aromatic carbocycles. The molecule has 164 valence electrons. The average Bonchev–Trinajstić information content (AvgIpc) is 2.61. The molecule has 0 bridgehead atoms. The lowest BCUT2D eigenvalue weighted by Gasteiger charge is -2.16. The molecule has 0 heterocycles. The van der Waals surface area contributed by atoms with E-state index in [1.807, 2.05) is 0 Å². The Kier molecular flexibility index (Phi) is 11.5. The van der Waals surface area contributed by atoms with Crippen LogP contribution < -0.4 is 33.6 Å². The summed E-state index contributed by atoms with van der Waals surface area (Å²) in [6.45, 7) is 0.195. The first-order valence-corrected chi connectivity index (χ1v) is 8.42. The summed E-state index contributed by atoms with van der Waals surface area (Å²) in [4.78, 5) is 67.7. The highest BCUT2D eigenvalue weighted by molar-refractivity contribution is 5.91. The molecule has 0 aromatic heterocycles. The Balaban J connectivity index is 4.05. The van der Waals surface area contributed by atoms with E-state index >= 15 is 0 Å². The zero-order valence-electron chi connectivity index (χ0n) is 15.8. The largest absolute Gasteiger partial charge is 0.461 e. The van der Waals surface area contributed by atoms with Gasteiger partial charge in [-0.05, 0) is 6.92 Å². The van der Waals surface area contributed by atoms with Crippen molar-refractivity contribution in [3.8, 4) is 0 Å². The number of nitrogens with one attached hydrogen (secondary N) is 2. The first kappa shape index (κ1) is 25.7. The summed E-state index contributed by atoms with van der Waals surface area (Å²) in [5.41, 5.74) is 20.6. The monoisotopic (exact) mass is 418 g/mol. The first-order chi connectivity index (χ1) is 13.4. The Morgan fingerprint density at radius 1 is 0.828 bits per heavy atom. The summed E-state index contributed by atoms with van der Waals surface area (Å²) in [7, 11) is 0. The zero-order chi connectivity index (χ0) is 22.6. The predicted molar refractivity (Wildman–Crippen MR) is 96.1 cm³/mol. The van der Waals surface area contributed by atoms with E-state index < -0.39 is 60.2 Å². The lowest BCUT2D eigenvalue weighted by Crippen LogP contribution is -2.49. The Hall–Kier alpha value is -3.26. The summed E-state index contributed by atoms with van der Waals surface area (Å²) >= 11 is 0. The van der Waals surface area contributed by atoms with Gasteiger partial charge >= 0.3 is 11.9 Å². The van der Waals surface area contributed by atoms with Gasteiger partial charge in [-0.25, -0.2) is 4.79 Å². The molecule has 0 fully saturated rings. The summed E-state index contributed by atoms with van der Waals surface area (Å²) < 4.78 is 9.53. The number of rotatable bonds is 13. The molecule has 0 aliphatic carbocycles. The van der Waals surface area contributed by atoms with E-state index in [-0.39, 0.29) is 26.1 Å². The summed E-state index contributed by atoms with van der Waals surface area (Å²) in [6, 6.07) is -3.45. The van der Waals surface area contributed by atoms with Gasteiger partial charge in [-0.3, -0.25) is 24.0 Å². The molecule has 14 nitrogen and oxygen atoms in total. The third kappa shape index (κ3) is 11.9. The van der Waals surface area contributed by atoms with Crippen molar-refractivity contribution in [3.63, 3.8) is 0 Å². The number of amides is 4. The third-order valence-electron chi connectivity index (χ3n) is 3.23. The van der Waals surface area contributed by atoms with Gasteiger partial charge in [-0.2, -0.15) is 0 Å². The maximum atomic E-state index is 11.7. The van der Waals surface area contributed by atoms with E-state index in [0.717, 1.165) is 0 Å². The summed E-state index contributed by atoms with van der Waals surface area (Å²) in [5.74, 6) is -4.71. The quantitative estimate of drug-likeness (QED) is 0.123. The molecule has 0 aliphatic heterocycles. The molecule has 4 amide bonds. The van der Waals surface area contributed by atoms with Crippen molar-refractivity contribution in [2.45, 2.75) is 37.9 Å². The highest BCUT2D eigenvalue weighted by atomic mass is 16.6. The van der Waals surface area contributed by atoms with Gasteiger partial charge in [0, 0.05) is 0 Å². The fourth-order valence-corrected chi connectivity index (χ4v) is 1.76. The van der Waals surface area contributed by atoms with Gasteiger partial charge in [0.25, 0.3) is 0 Å². The second-order valence-electron chi connectivity index (χ2n) is 5.89. The van der Waals surface area contributed by atoms with Crippen molar-refractivity contribution in [2.24, 2.45) is 22.9 Å². The first-order valence-electron chi connectivity index (χ1n) is 8.42. The van der Waals surface area contributed by atoms with Crippen LogP contribution in [0.5, 0.6) is 0 Å². The van der Waals surface area contributed by atoms with E-state index in [0.29, 0.717) is 0 Å². The number of hydrogen-bond donors (Lipinski definition) is 6. The van der Waals surface area contributed by atoms with Crippen LogP contribution >= 0.6 is 0 Å². The molecule has 0 spiro atoms. The van der Waals surface area contributed by atoms with E-state index in [1.165, 1.54) is 6.92 Å². The normalized spacial score (nSPS) is 13.3. The summed E-state index contributed by atoms with van der Waals surface area (Å²) in [5, 5.41) is 4.40. The molecular weight excluding hydrogens is 392 g/mol. The van der Waals surface area contributed by atoms with Gasteiger partial charge in [0.05, 0.1) is 24.9 Å². The molecule has 0 rings (SSSR count). The lowest BCUT2D eigenvalue weighted by molar-refractivity contribution is -0.153. The van der Waals surface area contributed by atoms with Crippen molar-refractivity contribution in [3.05, 3.63) is 0 Å². The highest BCUT2D eigenvalue weighted by Crippen LogP contribution is 1.93. The van der Waals surface area contributed by atoms with Crippen molar-refractivity contribution in [1.82, 2.24) is 10.6 Å². The molecular formula is C15H26N6O8. The van der Waals surface area contributed by atoms with Gasteiger partial charge < -0.3 is 43.0 Å². The van der Waals surface area contributed by atoms with Crippen LogP contribution in [0.4, 0.5) is 0 Å². The highest BCUT2D eigenvalue weighted by Gasteiger charge is 2.22. The van der Waals surface area contributed by atoms with E-state index in [2.05, 4.69) is 10.6 Å². The number of nitrogens with two attached hydrogens (primary N) is 4. The van der Waals surface area contributed by atoms with Crippen LogP contribution in [-0.4, -0.2) is 73.5 Å². The minimum Gasteiger partial charge on any atom is -0.461 e. The van der Waals surface area contributed by atoms with Crippen LogP contribution in [0.2, 0.25) is 0 Å². The SMILES string of the molecule is C[C@H](NC(=O)[C@@H](N)CC(N)=O)C(=O)OCCOC(=O)CNC(=O)C(N)CC(N)=O. The number of ether oxygens (including phenoxy) is 2. The van der Waals surface area contributed by atoms with E-state index in [1.54, 1.807) is 0 Å². The fraction of sp³-hybridized carbons (Fsp3) is 0.600. The maximum absolute atomic E-state index is 11.7. The van der Waals surface area contributed by atoms with Crippen LogP contribution in [-0.2, 0) is 38.2 Å². The molecule has 0 radical (unpaired) electrons. The Labute approximate surface area is 166 Å². The van der Waals surface area contributed by atoms with Crippen LogP contribution in [0.25, 0.3) is 0 Å². The number of carbonyl (C=O) groups excluding carboxylic acids is 6. The van der Waals surface area contributed by atoms with E-state index in [9.17, 15) is 28.8 Å². The molecule has 3 atom stereocenters. The van der Waals surface area contributed by atoms with Gasteiger partial charge in [0.15, 0.2) is 0 Å². The topological polar surface area (TPSA) is 249 Å². The Morgan fingerprint density at radius 2 is 1.31 bits per heavy atom. The molecule has 1 unspecified atom stereocenters. The molecule has 14 heteroatoms. The molecule has 0 aromatic rings. The van der Waals surface area contributed by atoms with Gasteiger partial charge in [0.1, 0.15) is 25.8 Å². The number of carbonyl (C=O) groups is 6. The molecule has 0 aliphatic rings. The molecule has 0 saturated carbocycles. The second kappa shape index (κ2) is 13.0. The maximum Gasteiger partial charge on any atom is 0.328 e. The Bertz CT molecular complexity index is 640. The fourth-order valence-electron chi connectivity index (χ4n) is 1.76. The number of hydrogen-bond acceptors (Lipinski definition) is 10. The number of esters is 2. The standard InChI is InChI=1S/C15H26N6O8/c1-7(21-14(26)9(17)5-11(19)23)15(27)29-3-2-28-12(24)6-20-13(25)8(16)4-10(18)22/h7-9H,2-6,16-17H2,1H3,(H2,18,22)(H2,19,23)(H,20,25)(H,21,26)/t7-,8?,9-/m0/s1. The van der Waals surface area contributed by atoms with Gasteiger partial charge in [0.2, 0.25) is 23.6 Å². The van der Waals surface area contributed by atoms with Gasteiger partial charge in [-0.15, -0.1) is 0 Å². The third-order valence-corrected chi connectivity index (χ3v) is 3.23. The van der Waals surface area contributed by atoms with Crippen molar-refractivity contribution < 1.29 is 38.2 Å². The zero-order valence-corrected chi connectivity index (χ0v) is 15.8. The molecule has 10 N–H and O–H groups in total. The number of primary amides is 2. The predicted octanol–water partition coefficient (Wildman–Crippen LogP) is -4.90. The van der Waals surface area contributed by atoms with Crippen molar-refractivity contribution in [1.29, 1.82) is 0 Å². The van der Waals surface area contributed by atoms with Crippen LogP contribution in [0.3, 0.4) is 0 Å². The van der Waals surface area contributed by atoms with Crippen LogP contribution in [0.15, 0.2) is 0 Å².